The average molecular weight is 198 g/mol. The fourth-order valence-electron chi connectivity index (χ4n) is 2.54. The molecule has 0 radical (unpaired) electrons. The topological polar surface area (TPSA) is 20.2 Å². The third-order valence-corrected chi connectivity index (χ3v) is 3.55. The Hall–Kier alpha value is -0.0400. The molecule has 14 heavy (non-hydrogen) atoms. The van der Waals surface area contributed by atoms with Gasteiger partial charge in [0.2, 0.25) is 0 Å². The zero-order valence-corrected chi connectivity index (χ0v) is 9.67. The SMILES string of the molecule is CCCCCCCC[C@@H]1CCC[C@H]1O. The Morgan fingerprint density at radius 1 is 1.00 bits per heavy atom. The molecule has 0 heterocycles. The molecule has 1 saturated carbocycles. The number of aliphatic hydroxyl groups excluding tert-OH is 1. The molecule has 1 aliphatic carbocycles. The van der Waals surface area contributed by atoms with Crippen LogP contribution in [0, 0.1) is 5.92 Å². The van der Waals surface area contributed by atoms with Crippen molar-refractivity contribution in [1.82, 2.24) is 0 Å². The summed E-state index contributed by atoms with van der Waals surface area (Å²) < 4.78 is 0. The van der Waals surface area contributed by atoms with Gasteiger partial charge in [0.05, 0.1) is 6.10 Å². The summed E-state index contributed by atoms with van der Waals surface area (Å²) in [6, 6.07) is 0. The summed E-state index contributed by atoms with van der Waals surface area (Å²) in [6.45, 7) is 2.26. The van der Waals surface area contributed by atoms with Crippen molar-refractivity contribution in [2.75, 3.05) is 0 Å². The van der Waals surface area contributed by atoms with Gasteiger partial charge in [-0.25, -0.2) is 0 Å². The van der Waals surface area contributed by atoms with Gasteiger partial charge in [0.15, 0.2) is 0 Å². The number of rotatable bonds is 7. The maximum atomic E-state index is 9.63. The van der Waals surface area contributed by atoms with E-state index in [9.17, 15) is 5.11 Å². The van der Waals surface area contributed by atoms with E-state index >= 15 is 0 Å². The molecule has 0 spiro atoms. The van der Waals surface area contributed by atoms with Crippen molar-refractivity contribution in [3.05, 3.63) is 0 Å². The highest BCUT2D eigenvalue weighted by atomic mass is 16.3. The van der Waals surface area contributed by atoms with Gasteiger partial charge in [-0.15, -0.1) is 0 Å². The van der Waals surface area contributed by atoms with Crippen molar-refractivity contribution in [2.45, 2.75) is 77.2 Å². The zero-order valence-electron chi connectivity index (χ0n) is 9.67. The maximum absolute atomic E-state index is 9.63. The molecule has 0 saturated heterocycles. The molecule has 1 rings (SSSR count). The van der Waals surface area contributed by atoms with Crippen molar-refractivity contribution >= 4 is 0 Å². The molecule has 0 bridgehead atoms. The minimum Gasteiger partial charge on any atom is -0.393 e. The molecular formula is C13H26O. The van der Waals surface area contributed by atoms with E-state index in [2.05, 4.69) is 6.92 Å². The molecule has 1 aliphatic rings. The Labute approximate surface area is 88.9 Å². The second kappa shape index (κ2) is 7.28. The first-order valence-electron chi connectivity index (χ1n) is 6.52. The van der Waals surface area contributed by atoms with Crippen molar-refractivity contribution in [1.29, 1.82) is 0 Å². The van der Waals surface area contributed by atoms with Crippen LogP contribution in [0.2, 0.25) is 0 Å². The molecule has 1 heteroatoms. The Kier molecular flexibility index (Phi) is 6.25. The zero-order chi connectivity index (χ0) is 10.2. The van der Waals surface area contributed by atoms with E-state index in [1.54, 1.807) is 0 Å². The number of hydrogen-bond acceptors (Lipinski definition) is 1. The molecular weight excluding hydrogens is 172 g/mol. The second-order valence-electron chi connectivity index (χ2n) is 4.81. The van der Waals surface area contributed by atoms with Crippen LogP contribution in [-0.4, -0.2) is 11.2 Å². The summed E-state index contributed by atoms with van der Waals surface area (Å²) in [5, 5.41) is 9.63. The molecule has 1 fully saturated rings. The lowest BCUT2D eigenvalue weighted by atomic mass is 9.97. The van der Waals surface area contributed by atoms with Crippen molar-refractivity contribution in [3.8, 4) is 0 Å². The highest BCUT2D eigenvalue weighted by molar-refractivity contribution is 4.76. The second-order valence-corrected chi connectivity index (χ2v) is 4.81. The van der Waals surface area contributed by atoms with Gasteiger partial charge < -0.3 is 5.11 Å². The predicted octanol–water partition coefficient (Wildman–Crippen LogP) is 3.90. The number of hydrogen-bond donors (Lipinski definition) is 1. The van der Waals surface area contributed by atoms with E-state index in [4.69, 9.17) is 0 Å². The Morgan fingerprint density at radius 3 is 2.36 bits per heavy atom. The summed E-state index contributed by atoms with van der Waals surface area (Å²) in [5.41, 5.74) is 0. The first kappa shape index (κ1) is 12.0. The monoisotopic (exact) mass is 198 g/mol. The predicted molar refractivity (Wildman–Crippen MR) is 61.3 cm³/mol. The first-order chi connectivity index (χ1) is 6.84. The van der Waals surface area contributed by atoms with Crippen molar-refractivity contribution < 1.29 is 5.11 Å². The van der Waals surface area contributed by atoms with E-state index in [0.717, 1.165) is 6.42 Å². The van der Waals surface area contributed by atoms with Gasteiger partial charge in [-0.2, -0.15) is 0 Å². The fraction of sp³-hybridized carbons (Fsp3) is 1.00. The molecule has 0 aromatic rings. The highest BCUT2D eigenvalue weighted by Crippen LogP contribution is 2.29. The Bertz CT molecular complexity index is 133. The molecule has 0 aromatic carbocycles. The van der Waals surface area contributed by atoms with Gasteiger partial charge in [0.25, 0.3) is 0 Å². The summed E-state index contributed by atoms with van der Waals surface area (Å²) in [6.07, 6.45) is 13.1. The van der Waals surface area contributed by atoms with Crippen LogP contribution in [0.3, 0.4) is 0 Å². The van der Waals surface area contributed by atoms with Gasteiger partial charge in [-0.3, -0.25) is 0 Å². The summed E-state index contributed by atoms with van der Waals surface area (Å²) in [4.78, 5) is 0. The van der Waals surface area contributed by atoms with Crippen LogP contribution in [0.1, 0.15) is 71.1 Å². The molecule has 2 atom stereocenters. The summed E-state index contributed by atoms with van der Waals surface area (Å²) in [5.74, 6) is 0.640. The van der Waals surface area contributed by atoms with Crippen LogP contribution >= 0.6 is 0 Å². The van der Waals surface area contributed by atoms with Crippen molar-refractivity contribution in [2.24, 2.45) is 5.92 Å². The van der Waals surface area contributed by atoms with Crippen molar-refractivity contribution in [3.63, 3.8) is 0 Å². The van der Waals surface area contributed by atoms with Crippen LogP contribution in [0.5, 0.6) is 0 Å². The minimum absolute atomic E-state index is 0.0330. The molecule has 1 N–H and O–H groups in total. The normalized spacial score (nSPS) is 27.0. The van der Waals surface area contributed by atoms with Gasteiger partial charge in [-0.1, -0.05) is 51.9 Å². The standard InChI is InChI=1S/C13H26O/c1-2-3-4-5-6-7-9-12-10-8-11-13(12)14/h12-14H,2-11H2,1H3/t12-,13-/m1/s1. The molecule has 0 aromatic heterocycles. The van der Waals surface area contributed by atoms with E-state index in [1.165, 1.54) is 57.8 Å². The molecule has 0 unspecified atom stereocenters. The maximum Gasteiger partial charge on any atom is 0.0568 e. The largest absolute Gasteiger partial charge is 0.393 e. The lowest BCUT2D eigenvalue weighted by Crippen LogP contribution is -2.12. The highest BCUT2D eigenvalue weighted by Gasteiger charge is 2.23. The Balaban J connectivity index is 1.88. The average Bonchev–Trinajstić information content (AvgIpc) is 2.58. The van der Waals surface area contributed by atoms with Gasteiger partial charge in [0.1, 0.15) is 0 Å². The van der Waals surface area contributed by atoms with Gasteiger partial charge in [-0.05, 0) is 25.2 Å². The van der Waals surface area contributed by atoms with Crippen LogP contribution < -0.4 is 0 Å². The van der Waals surface area contributed by atoms with Crippen LogP contribution in [-0.2, 0) is 0 Å². The molecule has 1 nitrogen and oxygen atoms in total. The quantitative estimate of drug-likeness (QED) is 0.615. The first-order valence-corrected chi connectivity index (χ1v) is 6.52. The third-order valence-electron chi connectivity index (χ3n) is 3.55. The molecule has 0 aliphatic heterocycles. The number of unbranched alkanes of at least 4 members (excludes halogenated alkanes) is 5. The molecule has 84 valence electrons. The van der Waals surface area contributed by atoms with Gasteiger partial charge in [0, 0.05) is 0 Å². The van der Waals surface area contributed by atoms with Crippen LogP contribution in [0.25, 0.3) is 0 Å². The Morgan fingerprint density at radius 2 is 1.71 bits per heavy atom. The summed E-state index contributed by atoms with van der Waals surface area (Å²) in [7, 11) is 0. The lowest BCUT2D eigenvalue weighted by Gasteiger charge is -2.13. The van der Waals surface area contributed by atoms with E-state index in [1.807, 2.05) is 0 Å². The van der Waals surface area contributed by atoms with E-state index in [-0.39, 0.29) is 6.10 Å². The summed E-state index contributed by atoms with van der Waals surface area (Å²) >= 11 is 0. The molecule has 0 amide bonds. The van der Waals surface area contributed by atoms with Crippen LogP contribution in [0.15, 0.2) is 0 Å². The smallest absolute Gasteiger partial charge is 0.0568 e. The third kappa shape index (κ3) is 4.45. The fourth-order valence-corrected chi connectivity index (χ4v) is 2.54. The minimum atomic E-state index is 0.0330. The van der Waals surface area contributed by atoms with Crippen LogP contribution in [0.4, 0.5) is 0 Å². The lowest BCUT2D eigenvalue weighted by molar-refractivity contribution is 0.126. The number of aliphatic hydroxyl groups is 1. The van der Waals surface area contributed by atoms with E-state index in [0.29, 0.717) is 5.92 Å². The van der Waals surface area contributed by atoms with E-state index < -0.39 is 0 Å². The van der Waals surface area contributed by atoms with Gasteiger partial charge >= 0.3 is 0 Å².